The number of fused-ring (bicyclic) bond motifs is 1. The first-order valence-electron chi connectivity index (χ1n) is 10.0. The van der Waals surface area contributed by atoms with Gasteiger partial charge in [0.05, 0.1) is 0 Å². The van der Waals surface area contributed by atoms with Gasteiger partial charge in [-0.2, -0.15) is 5.26 Å². The van der Waals surface area contributed by atoms with Gasteiger partial charge in [-0.15, -0.1) is 0 Å². The molecule has 9 heteroatoms. The van der Waals surface area contributed by atoms with Gasteiger partial charge in [0.2, 0.25) is 0 Å². The van der Waals surface area contributed by atoms with Crippen molar-refractivity contribution in [3.8, 4) is 6.07 Å². The zero-order chi connectivity index (χ0) is 21.3. The van der Waals surface area contributed by atoms with E-state index in [1.54, 1.807) is 12.3 Å². The minimum absolute atomic E-state index is 0.0738. The van der Waals surface area contributed by atoms with Crippen LogP contribution in [0.15, 0.2) is 24.5 Å². The summed E-state index contributed by atoms with van der Waals surface area (Å²) in [4.78, 5) is 23.5. The molecule has 2 N–H and O–H groups in total. The number of likely N-dealkylation sites (tertiary alicyclic amines) is 1. The Hall–Kier alpha value is -2.49. The second kappa shape index (κ2) is 8.33. The molecule has 3 heterocycles. The maximum absolute atomic E-state index is 14.4. The second-order valence-corrected chi connectivity index (χ2v) is 10.7. The molecular weight excluding hydrogens is 446 g/mol. The summed E-state index contributed by atoms with van der Waals surface area (Å²) in [7, 11) is 0. The van der Waals surface area contributed by atoms with E-state index in [0.717, 1.165) is 40.2 Å². The summed E-state index contributed by atoms with van der Waals surface area (Å²) in [5.74, 6) is 0.220. The SMILES string of the molecule is CC[As]c1cc(F)cc2c1NC(=O)C2(C)N1CCC[C@@H](Nc2cnc(C#N)cn2)C1. The molecule has 2 aromatic rings. The number of halogens is 1. The zero-order valence-corrected chi connectivity index (χ0v) is 18.8. The van der Waals surface area contributed by atoms with Crippen molar-refractivity contribution in [3.63, 3.8) is 0 Å². The van der Waals surface area contributed by atoms with E-state index in [2.05, 4.69) is 32.4 Å². The third kappa shape index (κ3) is 3.68. The molecule has 4 rings (SSSR count). The number of nitriles is 1. The number of carbonyl (C=O) groups excluding carboxylic acids is 1. The van der Waals surface area contributed by atoms with Crippen molar-refractivity contribution in [1.29, 1.82) is 5.26 Å². The van der Waals surface area contributed by atoms with Crippen molar-refractivity contribution < 1.29 is 9.18 Å². The first-order valence-corrected chi connectivity index (χ1v) is 12.3. The number of amides is 1. The molecule has 0 saturated carbocycles. The van der Waals surface area contributed by atoms with Gasteiger partial charge in [-0.25, -0.2) is 0 Å². The summed E-state index contributed by atoms with van der Waals surface area (Å²) in [6.45, 7) is 5.36. The molecule has 1 aromatic heterocycles. The van der Waals surface area contributed by atoms with Crippen LogP contribution >= 0.6 is 0 Å². The van der Waals surface area contributed by atoms with E-state index < -0.39 is 5.54 Å². The fraction of sp³-hybridized carbons (Fsp3) is 0.429. The summed E-state index contributed by atoms with van der Waals surface area (Å²) >= 11 is -0.186. The number of hydrogen-bond donors (Lipinski definition) is 2. The van der Waals surface area contributed by atoms with Crippen LogP contribution in [0.1, 0.15) is 37.9 Å². The van der Waals surface area contributed by atoms with Gasteiger partial charge in [0.25, 0.3) is 0 Å². The van der Waals surface area contributed by atoms with Crippen LogP contribution in [-0.4, -0.2) is 55.7 Å². The molecule has 1 radical (unpaired) electrons. The molecule has 0 spiro atoms. The van der Waals surface area contributed by atoms with Gasteiger partial charge in [-0.3, -0.25) is 0 Å². The van der Waals surface area contributed by atoms with Gasteiger partial charge < -0.3 is 0 Å². The molecule has 0 bridgehead atoms. The van der Waals surface area contributed by atoms with Gasteiger partial charge in [-0.05, 0) is 0 Å². The summed E-state index contributed by atoms with van der Waals surface area (Å²) in [6, 6.07) is 5.11. The van der Waals surface area contributed by atoms with Crippen LogP contribution < -0.4 is 15.0 Å². The normalized spacial score (nSPS) is 23.9. The van der Waals surface area contributed by atoms with E-state index >= 15 is 0 Å². The number of benzene rings is 1. The van der Waals surface area contributed by atoms with E-state index in [1.165, 1.54) is 12.3 Å². The molecule has 1 fully saturated rings. The number of hydrogen-bond acceptors (Lipinski definition) is 6. The van der Waals surface area contributed by atoms with Gasteiger partial charge in [0, 0.05) is 0 Å². The molecule has 1 aromatic carbocycles. The van der Waals surface area contributed by atoms with Crippen molar-refractivity contribution >= 4 is 37.5 Å². The predicted molar refractivity (Wildman–Crippen MR) is 113 cm³/mol. The Morgan fingerprint density at radius 1 is 1.43 bits per heavy atom. The summed E-state index contributed by atoms with van der Waals surface area (Å²) in [5, 5.41) is 16.2. The van der Waals surface area contributed by atoms with Crippen molar-refractivity contribution in [2.75, 3.05) is 23.7 Å². The third-order valence-corrected chi connectivity index (χ3v) is 7.91. The Balaban J connectivity index is 1.59. The third-order valence-electron chi connectivity index (χ3n) is 5.79. The number of rotatable bonds is 5. The number of anilines is 2. The van der Waals surface area contributed by atoms with Crippen LogP contribution in [0.5, 0.6) is 0 Å². The van der Waals surface area contributed by atoms with Gasteiger partial charge in [-0.1, -0.05) is 0 Å². The first kappa shape index (κ1) is 20.8. The molecule has 1 unspecified atom stereocenters. The number of carbonyl (C=O) groups is 1. The van der Waals surface area contributed by atoms with Crippen LogP contribution in [0.3, 0.4) is 0 Å². The number of piperidine rings is 1. The predicted octanol–water partition coefficient (Wildman–Crippen LogP) is 2.00. The molecule has 2 atom stereocenters. The number of nitrogens with zero attached hydrogens (tertiary/aromatic N) is 4. The van der Waals surface area contributed by atoms with E-state index in [1.807, 2.05) is 13.0 Å². The van der Waals surface area contributed by atoms with Crippen molar-refractivity contribution in [3.05, 3.63) is 41.6 Å². The Morgan fingerprint density at radius 3 is 2.97 bits per heavy atom. The Labute approximate surface area is 181 Å². The molecular formula is C21H23AsFN6O. The fourth-order valence-electron chi connectivity index (χ4n) is 4.24. The fourth-order valence-corrected chi connectivity index (χ4v) is 6.11. The van der Waals surface area contributed by atoms with Crippen molar-refractivity contribution in [2.24, 2.45) is 0 Å². The molecule has 7 nitrogen and oxygen atoms in total. The molecule has 0 aliphatic carbocycles. The maximum atomic E-state index is 14.4. The summed E-state index contributed by atoms with van der Waals surface area (Å²) < 4.78 is 15.4. The minimum atomic E-state index is -0.905. The summed E-state index contributed by atoms with van der Waals surface area (Å²) in [6.07, 6.45) is 4.82. The average molecular weight is 469 g/mol. The number of nitrogens with one attached hydrogen (secondary N) is 2. The van der Waals surface area contributed by atoms with Crippen LogP contribution in [0, 0.1) is 17.1 Å². The van der Waals surface area contributed by atoms with Crippen LogP contribution in [0.4, 0.5) is 15.9 Å². The standard InChI is InChI=1S/C21H23AsFN6O/c1-3-22-17-8-13(23)7-16-19(17)28-20(30)21(16,2)29-6-4-5-14(12-29)27-18-11-25-15(9-24)10-26-18/h7-8,10-11,14H,3-6,12H2,1-2H3,(H,26,27)(H,28,30)/t14-,21?/m1/s1. The Bertz CT molecular complexity index is 1010. The first-order chi connectivity index (χ1) is 14.5. The van der Waals surface area contributed by atoms with Crippen LogP contribution in [0.25, 0.3) is 0 Å². The quantitative estimate of drug-likeness (QED) is 0.651. The van der Waals surface area contributed by atoms with Crippen molar-refractivity contribution in [2.45, 2.75) is 43.5 Å². The van der Waals surface area contributed by atoms with Gasteiger partial charge in [0.1, 0.15) is 6.07 Å². The van der Waals surface area contributed by atoms with E-state index in [-0.39, 0.29) is 39.2 Å². The molecule has 155 valence electrons. The Morgan fingerprint density at radius 2 is 2.27 bits per heavy atom. The van der Waals surface area contributed by atoms with Crippen LogP contribution in [-0.2, 0) is 10.3 Å². The monoisotopic (exact) mass is 469 g/mol. The van der Waals surface area contributed by atoms with Gasteiger partial charge >= 0.3 is 170 Å². The summed E-state index contributed by atoms with van der Waals surface area (Å²) in [5.41, 5.74) is 0.909. The number of aromatic nitrogens is 2. The van der Waals surface area contributed by atoms with E-state index in [0.29, 0.717) is 12.4 Å². The van der Waals surface area contributed by atoms with E-state index in [4.69, 9.17) is 5.26 Å². The zero-order valence-electron chi connectivity index (χ0n) is 16.9. The molecule has 1 saturated heterocycles. The topological polar surface area (TPSA) is 93.9 Å². The molecule has 30 heavy (non-hydrogen) atoms. The van der Waals surface area contributed by atoms with E-state index in [9.17, 15) is 9.18 Å². The Kier molecular flexibility index (Phi) is 5.77. The van der Waals surface area contributed by atoms with Gasteiger partial charge in [0.15, 0.2) is 0 Å². The second-order valence-electron chi connectivity index (χ2n) is 7.68. The van der Waals surface area contributed by atoms with Crippen LogP contribution in [0.2, 0.25) is 5.21 Å². The molecule has 2 aliphatic rings. The molecule has 1 amide bonds. The average Bonchev–Trinajstić information content (AvgIpc) is 3.01. The van der Waals surface area contributed by atoms with Crippen molar-refractivity contribution in [1.82, 2.24) is 14.9 Å². The molecule has 2 aliphatic heterocycles.